The summed E-state index contributed by atoms with van der Waals surface area (Å²) in [4.78, 5) is 18.7. The molecule has 134 valence electrons. The van der Waals surface area contributed by atoms with Crippen molar-refractivity contribution in [3.8, 4) is 11.4 Å². The second-order valence-electron chi connectivity index (χ2n) is 6.07. The molecule has 0 saturated carbocycles. The SMILES string of the molecule is C[C@H](NC(=O)c1ccccc1Cl)c1nc(-c2ccc(N(C)C)cc2)no1. The van der Waals surface area contributed by atoms with Gasteiger partial charge in [-0.05, 0) is 43.3 Å². The van der Waals surface area contributed by atoms with Crippen LogP contribution in [0.25, 0.3) is 11.4 Å². The van der Waals surface area contributed by atoms with Crippen molar-refractivity contribution in [1.29, 1.82) is 0 Å². The molecule has 2 aromatic carbocycles. The lowest BCUT2D eigenvalue weighted by Crippen LogP contribution is -2.27. The molecule has 6 nitrogen and oxygen atoms in total. The normalized spacial score (nSPS) is 11.8. The average Bonchev–Trinajstić information content (AvgIpc) is 3.12. The largest absolute Gasteiger partial charge is 0.378 e. The highest BCUT2D eigenvalue weighted by Gasteiger charge is 2.19. The van der Waals surface area contributed by atoms with Crippen LogP contribution in [0.1, 0.15) is 29.2 Å². The van der Waals surface area contributed by atoms with Crippen molar-refractivity contribution in [3.05, 3.63) is 65.0 Å². The van der Waals surface area contributed by atoms with Crippen LogP contribution in [-0.2, 0) is 0 Å². The topological polar surface area (TPSA) is 71.3 Å². The van der Waals surface area contributed by atoms with Crippen LogP contribution >= 0.6 is 11.6 Å². The molecule has 1 atom stereocenters. The summed E-state index contributed by atoms with van der Waals surface area (Å²) in [6.07, 6.45) is 0. The molecule has 1 aromatic heterocycles. The van der Waals surface area contributed by atoms with Crippen molar-refractivity contribution < 1.29 is 9.32 Å². The summed E-state index contributed by atoms with van der Waals surface area (Å²) in [7, 11) is 3.95. The zero-order chi connectivity index (χ0) is 18.7. The molecular formula is C19H19ClN4O2. The standard InChI is InChI=1S/C19H19ClN4O2/c1-12(21-18(25)15-6-4-5-7-16(15)20)19-22-17(23-26-19)13-8-10-14(11-9-13)24(2)3/h4-12H,1-3H3,(H,21,25)/t12-/m0/s1. The first-order chi connectivity index (χ1) is 12.5. The number of anilines is 1. The molecule has 0 fully saturated rings. The van der Waals surface area contributed by atoms with Gasteiger partial charge in [-0.1, -0.05) is 28.9 Å². The number of halogens is 1. The monoisotopic (exact) mass is 370 g/mol. The van der Waals surface area contributed by atoms with Crippen molar-refractivity contribution in [2.24, 2.45) is 0 Å². The van der Waals surface area contributed by atoms with Crippen LogP contribution in [0.3, 0.4) is 0 Å². The molecule has 1 heterocycles. The Morgan fingerprint density at radius 2 is 1.85 bits per heavy atom. The maximum atomic E-state index is 12.3. The Labute approximate surface area is 156 Å². The van der Waals surface area contributed by atoms with Crippen LogP contribution in [0.4, 0.5) is 5.69 Å². The quantitative estimate of drug-likeness (QED) is 0.736. The van der Waals surface area contributed by atoms with Gasteiger partial charge in [-0.3, -0.25) is 4.79 Å². The number of benzene rings is 2. The van der Waals surface area contributed by atoms with Gasteiger partial charge in [0.2, 0.25) is 11.7 Å². The summed E-state index contributed by atoms with van der Waals surface area (Å²) >= 11 is 6.05. The number of aromatic nitrogens is 2. The lowest BCUT2D eigenvalue weighted by atomic mass is 10.2. The molecule has 7 heteroatoms. The zero-order valence-corrected chi connectivity index (χ0v) is 15.5. The summed E-state index contributed by atoms with van der Waals surface area (Å²) in [5, 5.41) is 7.21. The number of nitrogens with one attached hydrogen (secondary N) is 1. The van der Waals surface area contributed by atoms with Gasteiger partial charge < -0.3 is 14.7 Å². The molecule has 0 aliphatic rings. The van der Waals surface area contributed by atoms with E-state index >= 15 is 0 Å². The summed E-state index contributed by atoms with van der Waals surface area (Å²) in [6.45, 7) is 1.78. The Morgan fingerprint density at radius 3 is 2.50 bits per heavy atom. The van der Waals surface area contributed by atoms with E-state index in [0.717, 1.165) is 11.3 Å². The lowest BCUT2D eigenvalue weighted by Gasteiger charge is -2.11. The minimum absolute atomic E-state index is 0.293. The maximum absolute atomic E-state index is 12.3. The Kier molecular flexibility index (Phi) is 5.23. The van der Waals surface area contributed by atoms with Crippen LogP contribution < -0.4 is 10.2 Å². The van der Waals surface area contributed by atoms with Crippen LogP contribution in [0.15, 0.2) is 53.1 Å². The number of carbonyl (C=O) groups is 1. The Hall–Kier alpha value is -2.86. The van der Waals surface area contributed by atoms with E-state index in [4.69, 9.17) is 16.1 Å². The summed E-state index contributed by atoms with van der Waals surface area (Å²) in [6, 6.07) is 14.2. The van der Waals surface area contributed by atoms with E-state index < -0.39 is 6.04 Å². The predicted octanol–water partition coefficient (Wildman–Crippen LogP) is 3.95. The van der Waals surface area contributed by atoms with Crippen LogP contribution in [0.2, 0.25) is 5.02 Å². The third kappa shape index (κ3) is 3.86. The van der Waals surface area contributed by atoms with Crippen LogP contribution in [0, 0.1) is 0 Å². The Bertz CT molecular complexity index is 906. The Morgan fingerprint density at radius 1 is 1.15 bits per heavy atom. The van der Waals surface area contributed by atoms with Crippen LogP contribution in [-0.4, -0.2) is 30.1 Å². The van der Waals surface area contributed by atoms with Gasteiger partial charge in [0, 0.05) is 25.3 Å². The van der Waals surface area contributed by atoms with Crippen LogP contribution in [0.5, 0.6) is 0 Å². The van der Waals surface area contributed by atoms with Gasteiger partial charge in [-0.2, -0.15) is 4.98 Å². The number of carbonyl (C=O) groups excluding carboxylic acids is 1. The van der Waals surface area contributed by atoms with Crippen molar-refractivity contribution in [2.45, 2.75) is 13.0 Å². The van der Waals surface area contributed by atoms with Gasteiger partial charge in [0.1, 0.15) is 6.04 Å². The predicted molar refractivity (Wildman–Crippen MR) is 101 cm³/mol. The highest BCUT2D eigenvalue weighted by molar-refractivity contribution is 6.33. The fourth-order valence-corrected chi connectivity index (χ4v) is 2.64. The lowest BCUT2D eigenvalue weighted by molar-refractivity contribution is 0.0932. The van der Waals surface area contributed by atoms with E-state index in [1.54, 1.807) is 31.2 Å². The fraction of sp³-hybridized carbons (Fsp3) is 0.211. The van der Waals surface area contributed by atoms with Gasteiger partial charge in [0.25, 0.3) is 5.91 Å². The second kappa shape index (κ2) is 7.58. The summed E-state index contributed by atoms with van der Waals surface area (Å²) < 4.78 is 5.31. The molecule has 0 unspecified atom stereocenters. The van der Waals surface area contributed by atoms with Gasteiger partial charge in [-0.25, -0.2) is 0 Å². The number of amides is 1. The van der Waals surface area contributed by atoms with Crippen molar-refractivity contribution >= 4 is 23.2 Å². The molecule has 1 amide bonds. The highest BCUT2D eigenvalue weighted by atomic mass is 35.5. The summed E-state index contributed by atoms with van der Waals surface area (Å²) in [5.41, 5.74) is 2.33. The molecule has 0 aliphatic carbocycles. The third-order valence-electron chi connectivity index (χ3n) is 3.92. The third-order valence-corrected chi connectivity index (χ3v) is 4.25. The van der Waals surface area contributed by atoms with Crippen molar-refractivity contribution in [3.63, 3.8) is 0 Å². The minimum atomic E-state index is -0.443. The van der Waals surface area contributed by atoms with E-state index in [9.17, 15) is 4.79 Å². The van der Waals surface area contributed by atoms with Gasteiger partial charge in [0.05, 0.1) is 10.6 Å². The van der Waals surface area contributed by atoms with E-state index in [-0.39, 0.29) is 5.91 Å². The van der Waals surface area contributed by atoms with E-state index in [1.807, 2.05) is 43.3 Å². The van der Waals surface area contributed by atoms with E-state index in [2.05, 4.69) is 15.5 Å². The maximum Gasteiger partial charge on any atom is 0.253 e. The number of nitrogens with zero attached hydrogens (tertiary/aromatic N) is 3. The molecule has 0 bridgehead atoms. The first kappa shape index (κ1) is 17.9. The molecule has 0 aliphatic heterocycles. The number of hydrogen-bond acceptors (Lipinski definition) is 5. The van der Waals surface area contributed by atoms with Gasteiger partial charge in [0.15, 0.2) is 0 Å². The molecule has 1 N–H and O–H groups in total. The Balaban J connectivity index is 1.72. The average molecular weight is 371 g/mol. The fourth-order valence-electron chi connectivity index (χ4n) is 2.42. The summed E-state index contributed by atoms with van der Waals surface area (Å²) in [5.74, 6) is 0.513. The second-order valence-corrected chi connectivity index (χ2v) is 6.48. The molecule has 0 radical (unpaired) electrons. The van der Waals surface area contributed by atoms with Gasteiger partial charge >= 0.3 is 0 Å². The molecular weight excluding hydrogens is 352 g/mol. The minimum Gasteiger partial charge on any atom is -0.378 e. The van der Waals surface area contributed by atoms with E-state index in [1.165, 1.54) is 0 Å². The molecule has 3 aromatic rings. The van der Waals surface area contributed by atoms with E-state index in [0.29, 0.717) is 22.3 Å². The molecule has 0 saturated heterocycles. The first-order valence-corrected chi connectivity index (χ1v) is 8.50. The first-order valence-electron chi connectivity index (χ1n) is 8.12. The molecule has 3 rings (SSSR count). The molecule has 26 heavy (non-hydrogen) atoms. The zero-order valence-electron chi connectivity index (χ0n) is 14.7. The smallest absolute Gasteiger partial charge is 0.253 e. The van der Waals surface area contributed by atoms with Gasteiger partial charge in [-0.15, -0.1) is 0 Å². The number of hydrogen-bond donors (Lipinski definition) is 1. The van der Waals surface area contributed by atoms with Crippen molar-refractivity contribution in [1.82, 2.24) is 15.5 Å². The molecule has 0 spiro atoms. The van der Waals surface area contributed by atoms with Crippen molar-refractivity contribution in [2.75, 3.05) is 19.0 Å². The highest BCUT2D eigenvalue weighted by Crippen LogP contribution is 2.22. The number of rotatable bonds is 5.